The SMILES string of the molecule is CCc1cccc(NC2=NCC(CC(C)(C)C)S2)c1. The van der Waals surface area contributed by atoms with Crippen LogP contribution in [0.4, 0.5) is 5.69 Å². The maximum atomic E-state index is 4.62. The van der Waals surface area contributed by atoms with Crippen molar-refractivity contribution >= 4 is 22.6 Å². The number of nitrogens with one attached hydrogen (secondary N) is 1. The second kappa shape index (κ2) is 6.00. The van der Waals surface area contributed by atoms with E-state index in [1.54, 1.807) is 0 Å². The Morgan fingerprint density at radius 2 is 2.16 bits per heavy atom. The standard InChI is InChI=1S/C16H24N2S/c1-5-12-7-6-8-13(9-12)18-15-17-11-14(19-15)10-16(2,3)4/h6-9,14H,5,10-11H2,1-4H3,(H,17,18). The summed E-state index contributed by atoms with van der Waals surface area (Å²) in [5.41, 5.74) is 2.90. The molecule has 0 bridgehead atoms. The van der Waals surface area contributed by atoms with E-state index < -0.39 is 0 Å². The van der Waals surface area contributed by atoms with Crippen molar-refractivity contribution in [1.29, 1.82) is 0 Å². The number of nitrogens with zero attached hydrogens (tertiary/aromatic N) is 1. The number of aryl methyl sites for hydroxylation is 1. The summed E-state index contributed by atoms with van der Waals surface area (Å²) in [4.78, 5) is 4.62. The van der Waals surface area contributed by atoms with Crippen LogP contribution >= 0.6 is 11.8 Å². The Balaban J connectivity index is 1.91. The van der Waals surface area contributed by atoms with Gasteiger partial charge in [0, 0.05) is 10.9 Å². The number of amidine groups is 1. The molecule has 2 rings (SSSR count). The minimum atomic E-state index is 0.380. The summed E-state index contributed by atoms with van der Waals surface area (Å²) in [7, 11) is 0. The molecule has 1 unspecified atom stereocenters. The summed E-state index contributed by atoms with van der Waals surface area (Å²) in [6.07, 6.45) is 2.28. The highest BCUT2D eigenvalue weighted by atomic mass is 32.2. The van der Waals surface area contributed by atoms with Crippen molar-refractivity contribution in [2.24, 2.45) is 10.4 Å². The fraction of sp³-hybridized carbons (Fsp3) is 0.562. The molecule has 1 N–H and O–H groups in total. The van der Waals surface area contributed by atoms with Gasteiger partial charge in [-0.05, 0) is 36.0 Å². The van der Waals surface area contributed by atoms with Crippen molar-refractivity contribution in [3.8, 4) is 0 Å². The molecule has 0 aliphatic carbocycles. The van der Waals surface area contributed by atoms with Gasteiger partial charge in [-0.2, -0.15) is 0 Å². The highest BCUT2D eigenvalue weighted by Gasteiger charge is 2.24. The van der Waals surface area contributed by atoms with Crippen LogP contribution in [0.1, 0.15) is 39.7 Å². The molecule has 1 aromatic carbocycles. The van der Waals surface area contributed by atoms with Crippen molar-refractivity contribution in [1.82, 2.24) is 0 Å². The monoisotopic (exact) mass is 276 g/mol. The summed E-state index contributed by atoms with van der Waals surface area (Å²) >= 11 is 1.88. The first-order valence-electron chi connectivity index (χ1n) is 7.03. The van der Waals surface area contributed by atoms with Crippen LogP contribution in [0.25, 0.3) is 0 Å². The highest BCUT2D eigenvalue weighted by molar-refractivity contribution is 8.15. The van der Waals surface area contributed by atoms with E-state index in [0.29, 0.717) is 10.7 Å². The van der Waals surface area contributed by atoms with Gasteiger partial charge in [0.05, 0.1) is 6.54 Å². The Kier molecular flexibility index (Phi) is 4.56. The van der Waals surface area contributed by atoms with Crippen LogP contribution < -0.4 is 5.32 Å². The van der Waals surface area contributed by atoms with E-state index in [-0.39, 0.29) is 0 Å². The third kappa shape index (κ3) is 4.57. The molecular weight excluding hydrogens is 252 g/mol. The lowest BCUT2D eigenvalue weighted by Crippen LogP contribution is -2.16. The van der Waals surface area contributed by atoms with Crippen LogP contribution in [-0.2, 0) is 6.42 Å². The van der Waals surface area contributed by atoms with Crippen LogP contribution in [0.5, 0.6) is 0 Å². The van der Waals surface area contributed by atoms with Crippen molar-refractivity contribution < 1.29 is 0 Å². The topological polar surface area (TPSA) is 24.4 Å². The molecule has 0 aromatic heterocycles. The van der Waals surface area contributed by atoms with Crippen molar-refractivity contribution in [2.75, 3.05) is 11.9 Å². The molecule has 1 atom stereocenters. The molecule has 0 radical (unpaired) electrons. The fourth-order valence-electron chi connectivity index (χ4n) is 2.27. The average molecular weight is 276 g/mol. The maximum absolute atomic E-state index is 4.62. The number of benzene rings is 1. The summed E-state index contributed by atoms with van der Waals surface area (Å²) in [6.45, 7) is 10.0. The number of aliphatic imine (C=N–C) groups is 1. The summed E-state index contributed by atoms with van der Waals surface area (Å²) in [5, 5.41) is 5.14. The Labute approximate surface area is 121 Å². The van der Waals surface area contributed by atoms with Gasteiger partial charge >= 0.3 is 0 Å². The fourth-order valence-corrected chi connectivity index (χ4v) is 3.64. The first-order chi connectivity index (χ1) is 8.96. The molecule has 1 aromatic rings. The van der Waals surface area contributed by atoms with E-state index in [1.807, 2.05) is 11.8 Å². The van der Waals surface area contributed by atoms with Gasteiger partial charge in [-0.15, -0.1) is 0 Å². The highest BCUT2D eigenvalue weighted by Crippen LogP contribution is 2.32. The quantitative estimate of drug-likeness (QED) is 0.874. The Morgan fingerprint density at radius 1 is 1.37 bits per heavy atom. The molecule has 1 aliphatic heterocycles. The van der Waals surface area contributed by atoms with Gasteiger partial charge < -0.3 is 5.32 Å². The normalized spacial score (nSPS) is 19.4. The second-order valence-corrected chi connectivity index (χ2v) is 7.62. The number of thioether (sulfide) groups is 1. The summed E-state index contributed by atoms with van der Waals surface area (Å²) in [6, 6.07) is 8.59. The van der Waals surface area contributed by atoms with E-state index in [0.717, 1.165) is 23.8 Å². The van der Waals surface area contributed by atoms with Gasteiger partial charge in [-0.3, -0.25) is 4.99 Å². The van der Waals surface area contributed by atoms with Crippen LogP contribution in [0, 0.1) is 5.41 Å². The predicted molar refractivity (Wildman–Crippen MR) is 87.2 cm³/mol. The van der Waals surface area contributed by atoms with Gasteiger partial charge in [-0.25, -0.2) is 0 Å². The van der Waals surface area contributed by atoms with Gasteiger partial charge in [0.25, 0.3) is 0 Å². The largest absolute Gasteiger partial charge is 0.335 e. The van der Waals surface area contributed by atoms with Gasteiger partial charge in [-0.1, -0.05) is 51.6 Å². The van der Waals surface area contributed by atoms with Crippen LogP contribution in [0.2, 0.25) is 0 Å². The van der Waals surface area contributed by atoms with Crippen molar-refractivity contribution in [2.45, 2.75) is 45.8 Å². The Hall–Kier alpha value is -0.960. The molecule has 104 valence electrons. The number of hydrogen-bond donors (Lipinski definition) is 1. The van der Waals surface area contributed by atoms with E-state index in [9.17, 15) is 0 Å². The minimum Gasteiger partial charge on any atom is -0.335 e. The smallest absolute Gasteiger partial charge is 0.161 e. The van der Waals surface area contributed by atoms with E-state index in [4.69, 9.17) is 0 Å². The average Bonchev–Trinajstić information content (AvgIpc) is 2.74. The molecule has 0 saturated carbocycles. The lowest BCUT2D eigenvalue weighted by atomic mass is 9.90. The second-order valence-electron chi connectivity index (χ2n) is 6.33. The van der Waals surface area contributed by atoms with Crippen molar-refractivity contribution in [3.63, 3.8) is 0 Å². The third-order valence-corrected chi connectivity index (χ3v) is 4.25. The molecular formula is C16H24N2S. The molecule has 1 heterocycles. The molecule has 2 nitrogen and oxygen atoms in total. The number of rotatable bonds is 3. The zero-order valence-corrected chi connectivity index (χ0v) is 13.2. The first-order valence-corrected chi connectivity index (χ1v) is 7.91. The van der Waals surface area contributed by atoms with E-state index in [1.165, 1.54) is 12.0 Å². The molecule has 1 aliphatic rings. The van der Waals surface area contributed by atoms with E-state index in [2.05, 4.69) is 62.3 Å². The molecule has 0 saturated heterocycles. The van der Waals surface area contributed by atoms with Gasteiger partial charge in [0.1, 0.15) is 0 Å². The zero-order valence-electron chi connectivity index (χ0n) is 12.4. The van der Waals surface area contributed by atoms with E-state index >= 15 is 0 Å². The predicted octanol–water partition coefficient (Wildman–Crippen LogP) is 4.57. The molecule has 0 spiro atoms. The van der Waals surface area contributed by atoms with Crippen LogP contribution in [0.15, 0.2) is 29.3 Å². The Bertz CT molecular complexity index is 460. The molecule has 0 fully saturated rings. The van der Waals surface area contributed by atoms with Crippen LogP contribution in [-0.4, -0.2) is 17.0 Å². The maximum Gasteiger partial charge on any atom is 0.161 e. The lowest BCUT2D eigenvalue weighted by molar-refractivity contribution is 0.375. The summed E-state index contributed by atoms with van der Waals surface area (Å²) in [5.74, 6) is 0. The number of anilines is 1. The minimum absolute atomic E-state index is 0.380. The summed E-state index contributed by atoms with van der Waals surface area (Å²) < 4.78 is 0. The zero-order chi connectivity index (χ0) is 13.9. The van der Waals surface area contributed by atoms with Gasteiger partial charge in [0.15, 0.2) is 5.17 Å². The third-order valence-electron chi connectivity index (χ3n) is 3.14. The van der Waals surface area contributed by atoms with Crippen LogP contribution in [0.3, 0.4) is 0 Å². The lowest BCUT2D eigenvalue weighted by Gasteiger charge is -2.21. The Morgan fingerprint density at radius 3 is 2.84 bits per heavy atom. The van der Waals surface area contributed by atoms with Gasteiger partial charge in [0.2, 0.25) is 0 Å². The first kappa shape index (κ1) is 14.4. The molecule has 3 heteroatoms. The molecule has 0 amide bonds. The van der Waals surface area contributed by atoms with Crippen molar-refractivity contribution in [3.05, 3.63) is 29.8 Å². The molecule has 19 heavy (non-hydrogen) atoms. The number of hydrogen-bond acceptors (Lipinski definition) is 3.